The van der Waals surface area contributed by atoms with Gasteiger partial charge in [0.25, 0.3) is 5.69 Å². The van der Waals surface area contributed by atoms with Gasteiger partial charge in [-0.3, -0.25) is 10.1 Å². The number of hydrogen-bond donors (Lipinski definition) is 0. The molecule has 3 atom stereocenters. The van der Waals surface area contributed by atoms with E-state index < -0.39 is 0 Å². The Labute approximate surface area is 154 Å². The number of non-ortho nitro benzene ring substituents is 1. The number of nitro groups is 1. The van der Waals surface area contributed by atoms with Crippen LogP contribution in [0.1, 0.15) is 31.2 Å². The SMILES string of the molecule is C=CCN1CC2CCC3C=CC2(CC3)C1=Nc1ccc([N+](=O)[O-])cc1C. The van der Waals surface area contributed by atoms with Gasteiger partial charge >= 0.3 is 0 Å². The molecule has 0 radical (unpaired) electrons. The number of rotatable bonds is 4. The second kappa shape index (κ2) is 6.38. The standard InChI is InChI=1S/C21H25N3O2/c1-3-12-23-14-17-5-4-16-8-10-21(17,11-9-16)20(23)22-19-7-6-18(24(25)26)13-15(19)2/h3,6-8,10,13,16-17H,1,4-5,9,11-12,14H2,2H3. The fourth-order valence-electron chi connectivity index (χ4n) is 4.92. The quantitative estimate of drug-likeness (QED) is 0.445. The summed E-state index contributed by atoms with van der Waals surface area (Å²) in [6, 6.07) is 4.94. The van der Waals surface area contributed by atoms with Crippen molar-refractivity contribution < 1.29 is 4.92 Å². The zero-order valence-electron chi connectivity index (χ0n) is 15.2. The number of amidine groups is 1. The lowest BCUT2D eigenvalue weighted by atomic mass is 9.71. The van der Waals surface area contributed by atoms with Crippen LogP contribution in [-0.2, 0) is 0 Å². The van der Waals surface area contributed by atoms with Crippen molar-refractivity contribution in [2.75, 3.05) is 13.1 Å². The van der Waals surface area contributed by atoms with Gasteiger partial charge in [0.05, 0.1) is 16.0 Å². The molecular weight excluding hydrogens is 326 g/mol. The average Bonchev–Trinajstić information content (AvgIpc) is 2.77. The highest BCUT2D eigenvalue weighted by atomic mass is 16.6. The van der Waals surface area contributed by atoms with Crippen molar-refractivity contribution in [3.63, 3.8) is 0 Å². The van der Waals surface area contributed by atoms with E-state index in [-0.39, 0.29) is 16.0 Å². The van der Waals surface area contributed by atoms with Crippen LogP contribution in [0, 0.1) is 34.3 Å². The van der Waals surface area contributed by atoms with Gasteiger partial charge in [-0.15, -0.1) is 6.58 Å². The fraction of sp³-hybridized carbons (Fsp3) is 0.476. The van der Waals surface area contributed by atoms with Crippen LogP contribution in [0.4, 0.5) is 11.4 Å². The lowest BCUT2D eigenvalue weighted by Gasteiger charge is -2.33. The van der Waals surface area contributed by atoms with E-state index in [1.54, 1.807) is 18.2 Å². The van der Waals surface area contributed by atoms with Crippen molar-refractivity contribution in [1.82, 2.24) is 4.90 Å². The maximum atomic E-state index is 11.0. The molecule has 5 rings (SSSR count). The van der Waals surface area contributed by atoms with Crippen molar-refractivity contribution in [3.8, 4) is 0 Å². The molecule has 4 aliphatic rings. The van der Waals surface area contributed by atoms with Crippen molar-refractivity contribution in [1.29, 1.82) is 0 Å². The number of fused-ring (bicyclic) bond motifs is 2. The normalized spacial score (nSPS) is 31.1. The molecule has 2 fully saturated rings. The maximum Gasteiger partial charge on any atom is 0.269 e. The van der Waals surface area contributed by atoms with Crippen LogP contribution in [0.2, 0.25) is 0 Å². The molecule has 1 aromatic rings. The number of nitro benzene ring substituents is 1. The van der Waals surface area contributed by atoms with E-state index in [2.05, 4.69) is 23.6 Å². The summed E-state index contributed by atoms with van der Waals surface area (Å²) in [5, 5.41) is 11.0. The van der Waals surface area contributed by atoms with Crippen LogP contribution in [0.5, 0.6) is 0 Å². The number of hydrogen-bond acceptors (Lipinski definition) is 3. The Balaban J connectivity index is 1.79. The molecule has 1 saturated heterocycles. The van der Waals surface area contributed by atoms with Crippen LogP contribution in [0.3, 0.4) is 0 Å². The van der Waals surface area contributed by atoms with Gasteiger partial charge in [-0.1, -0.05) is 18.2 Å². The van der Waals surface area contributed by atoms with E-state index in [0.29, 0.717) is 5.92 Å². The van der Waals surface area contributed by atoms with E-state index in [9.17, 15) is 10.1 Å². The highest BCUT2D eigenvalue weighted by Crippen LogP contribution is 2.53. The van der Waals surface area contributed by atoms with Gasteiger partial charge in [-0.25, -0.2) is 4.99 Å². The first-order chi connectivity index (χ1) is 12.5. The Bertz CT molecular complexity index is 813. The van der Waals surface area contributed by atoms with Gasteiger partial charge in [0.2, 0.25) is 0 Å². The van der Waals surface area contributed by atoms with E-state index >= 15 is 0 Å². The summed E-state index contributed by atoms with van der Waals surface area (Å²) < 4.78 is 0. The summed E-state index contributed by atoms with van der Waals surface area (Å²) in [4.78, 5) is 18.1. The third-order valence-electron chi connectivity index (χ3n) is 6.33. The van der Waals surface area contributed by atoms with E-state index in [4.69, 9.17) is 4.99 Å². The topological polar surface area (TPSA) is 58.7 Å². The zero-order chi connectivity index (χ0) is 18.3. The Morgan fingerprint density at radius 2 is 2.27 bits per heavy atom. The summed E-state index contributed by atoms with van der Waals surface area (Å²) in [6.45, 7) is 7.63. The predicted octanol–water partition coefficient (Wildman–Crippen LogP) is 4.80. The van der Waals surface area contributed by atoms with Gasteiger partial charge < -0.3 is 4.90 Å². The first-order valence-corrected chi connectivity index (χ1v) is 9.43. The van der Waals surface area contributed by atoms with Gasteiger partial charge in [0, 0.05) is 25.2 Å². The van der Waals surface area contributed by atoms with Crippen LogP contribution in [-0.4, -0.2) is 28.7 Å². The van der Waals surface area contributed by atoms with Crippen molar-refractivity contribution in [2.45, 2.75) is 32.6 Å². The molecular formula is C21H25N3O2. The minimum Gasteiger partial charge on any atom is -0.355 e. The van der Waals surface area contributed by atoms with Gasteiger partial charge in [0.1, 0.15) is 5.84 Å². The molecule has 3 aliphatic carbocycles. The molecule has 0 aromatic heterocycles. The van der Waals surface area contributed by atoms with Crippen molar-refractivity contribution in [2.24, 2.45) is 22.2 Å². The molecule has 1 aromatic carbocycles. The van der Waals surface area contributed by atoms with Crippen LogP contribution in [0.25, 0.3) is 0 Å². The van der Waals surface area contributed by atoms with Gasteiger partial charge in [0.15, 0.2) is 0 Å². The molecule has 0 N–H and O–H groups in total. The van der Waals surface area contributed by atoms with Crippen LogP contribution < -0.4 is 0 Å². The number of nitrogens with zero attached hydrogens (tertiary/aromatic N) is 3. The Kier molecular flexibility index (Phi) is 4.17. The Morgan fingerprint density at radius 3 is 2.92 bits per heavy atom. The van der Waals surface area contributed by atoms with E-state index in [1.807, 2.05) is 13.0 Å². The number of likely N-dealkylation sites (tertiary alicyclic amines) is 1. The number of aryl methyl sites for hydroxylation is 1. The van der Waals surface area contributed by atoms with Crippen molar-refractivity contribution >= 4 is 17.2 Å². The summed E-state index contributed by atoms with van der Waals surface area (Å²) in [7, 11) is 0. The van der Waals surface area contributed by atoms with Crippen molar-refractivity contribution in [3.05, 3.63) is 58.7 Å². The molecule has 1 heterocycles. The second-order valence-corrected chi connectivity index (χ2v) is 7.83. The summed E-state index contributed by atoms with van der Waals surface area (Å²) in [5.41, 5.74) is 1.81. The molecule has 2 bridgehead atoms. The highest BCUT2D eigenvalue weighted by Gasteiger charge is 2.52. The highest BCUT2D eigenvalue weighted by molar-refractivity contribution is 5.95. The van der Waals surface area contributed by atoms with Gasteiger partial charge in [-0.05, 0) is 56.1 Å². The molecule has 5 nitrogen and oxygen atoms in total. The van der Waals surface area contributed by atoms with Gasteiger partial charge in [-0.2, -0.15) is 0 Å². The molecule has 1 saturated carbocycles. The summed E-state index contributed by atoms with van der Waals surface area (Å²) >= 11 is 0. The molecule has 3 unspecified atom stereocenters. The largest absolute Gasteiger partial charge is 0.355 e. The molecule has 5 heteroatoms. The molecule has 136 valence electrons. The second-order valence-electron chi connectivity index (χ2n) is 7.83. The molecule has 0 amide bonds. The lowest BCUT2D eigenvalue weighted by molar-refractivity contribution is -0.384. The first-order valence-electron chi connectivity index (χ1n) is 9.43. The fourth-order valence-corrected chi connectivity index (χ4v) is 4.92. The predicted molar refractivity (Wildman–Crippen MR) is 104 cm³/mol. The smallest absolute Gasteiger partial charge is 0.269 e. The number of benzene rings is 1. The minimum absolute atomic E-state index is 0.0181. The monoisotopic (exact) mass is 351 g/mol. The minimum atomic E-state index is -0.354. The van der Waals surface area contributed by atoms with E-state index in [1.165, 1.54) is 19.3 Å². The summed E-state index contributed by atoms with van der Waals surface area (Å²) in [6.07, 6.45) is 11.7. The van der Waals surface area contributed by atoms with E-state index in [0.717, 1.165) is 42.5 Å². The first kappa shape index (κ1) is 17.0. The maximum absolute atomic E-state index is 11.0. The number of aliphatic imine (C=N–C) groups is 1. The van der Waals surface area contributed by atoms with Crippen LogP contribution in [0.15, 0.2) is 48.0 Å². The lowest BCUT2D eigenvalue weighted by Crippen LogP contribution is -2.36. The Hall–Kier alpha value is -2.43. The Morgan fingerprint density at radius 1 is 1.42 bits per heavy atom. The molecule has 1 spiro atoms. The third kappa shape index (κ3) is 2.66. The average molecular weight is 351 g/mol. The van der Waals surface area contributed by atoms with Crippen LogP contribution >= 0.6 is 0 Å². The number of allylic oxidation sites excluding steroid dienone is 1. The summed E-state index contributed by atoms with van der Waals surface area (Å²) in [5.74, 6) is 2.45. The molecule has 26 heavy (non-hydrogen) atoms. The molecule has 1 aliphatic heterocycles. The third-order valence-corrected chi connectivity index (χ3v) is 6.33. The zero-order valence-corrected chi connectivity index (χ0v) is 15.2.